The predicted octanol–water partition coefficient (Wildman–Crippen LogP) is 2.29. The van der Waals surface area contributed by atoms with Crippen molar-refractivity contribution in [3.8, 4) is 0 Å². The van der Waals surface area contributed by atoms with E-state index in [0.717, 1.165) is 56.0 Å². The van der Waals surface area contributed by atoms with Gasteiger partial charge in [0.1, 0.15) is 6.04 Å². The molecule has 3 fully saturated rings. The smallest absolute Gasteiger partial charge is 0.329 e. The summed E-state index contributed by atoms with van der Waals surface area (Å²) in [5.74, 6) is 0.590. The molecular formula is C28H41N5O4. The highest BCUT2D eigenvalue weighted by Crippen LogP contribution is 2.33. The van der Waals surface area contributed by atoms with Gasteiger partial charge in [-0.2, -0.15) is 0 Å². The molecule has 1 saturated carbocycles. The van der Waals surface area contributed by atoms with E-state index in [4.69, 9.17) is 4.74 Å². The molecule has 37 heavy (non-hydrogen) atoms. The fourth-order valence-corrected chi connectivity index (χ4v) is 6.49. The summed E-state index contributed by atoms with van der Waals surface area (Å²) in [6.45, 7) is 5.14. The van der Waals surface area contributed by atoms with Crippen molar-refractivity contribution in [3.63, 3.8) is 0 Å². The number of amides is 2. The van der Waals surface area contributed by atoms with Crippen LogP contribution in [0.2, 0.25) is 0 Å². The summed E-state index contributed by atoms with van der Waals surface area (Å²) in [5.41, 5.74) is 2.66. The molecule has 2 aliphatic heterocycles. The Labute approximate surface area is 218 Å². The highest BCUT2D eigenvalue weighted by atomic mass is 16.5. The van der Waals surface area contributed by atoms with Gasteiger partial charge in [-0.15, -0.1) is 0 Å². The van der Waals surface area contributed by atoms with Crippen LogP contribution >= 0.6 is 0 Å². The summed E-state index contributed by atoms with van der Waals surface area (Å²) in [6, 6.07) is 5.60. The zero-order valence-electron chi connectivity index (χ0n) is 22.2. The highest BCUT2D eigenvalue weighted by Gasteiger charge is 2.32. The number of fused-ring (bicyclic) bond motifs is 1. The number of aryl methyl sites for hydroxylation is 1. The molecule has 1 aromatic carbocycles. The van der Waals surface area contributed by atoms with Crippen LogP contribution < -0.4 is 16.3 Å². The average Bonchev–Trinajstić information content (AvgIpc) is 3.15. The third kappa shape index (κ3) is 5.68. The second-order valence-electron chi connectivity index (χ2n) is 11.1. The number of likely N-dealkylation sites (tertiary alicyclic amines) is 1. The molecule has 2 N–H and O–H groups in total. The maximum absolute atomic E-state index is 13.1. The molecule has 1 unspecified atom stereocenters. The standard InChI is InChI=1S/C28H41N5O4/c1-29-13-16-37-22-6-3-19(4-7-22)18-32-14-11-20(12-15-32)21-5-8-23-25(17-21)31(2)28(36)33(23)24-9-10-26(34)30-27(24)35/h5,8,17,19-20,22,24,29H,3-4,6-7,9-16,18H2,1-2H3,(H,30,34,35)/t19-,22-,24?. The second kappa shape index (κ2) is 11.5. The molecule has 5 rings (SSSR count). The lowest BCUT2D eigenvalue weighted by Crippen LogP contribution is -2.44. The monoisotopic (exact) mass is 511 g/mol. The van der Waals surface area contributed by atoms with Crippen LogP contribution in [0.3, 0.4) is 0 Å². The van der Waals surface area contributed by atoms with Crippen molar-refractivity contribution in [2.75, 3.05) is 39.8 Å². The fraction of sp³-hybridized carbons (Fsp3) is 0.679. The molecule has 3 heterocycles. The molecule has 0 spiro atoms. The first kappa shape index (κ1) is 26.1. The van der Waals surface area contributed by atoms with Crippen molar-refractivity contribution < 1.29 is 14.3 Å². The Bertz CT molecular complexity index is 1170. The molecule has 0 radical (unpaired) electrons. The van der Waals surface area contributed by atoms with Crippen LogP contribution in [0, 0.1) is 5.92 Å². The van der Waals surface area contributed by atoms with Crippen LogP contribution in [0.25, 0.3) is 11.0 Å². The molecule has 1 aromatic heterocycles. The van der Waals surface area contributed by atoms with Gasteiger partial charge in [-0.25, -0.2) is 4.79 Å². The zero-order chi connectivity index (χ0) is 25.9. The van der Waals surface area contributed by atoms with Crippen molar-refractivity contribution in [1.29, 1.82) is 0 Å². The quantitative estimate of drug-likeness (QED) is 0.417. The average molecular weight is 512 g/mol. The number of benzene rings is 1. The van der Waals surface area contributed by atoms with E-state index in [1.165, 1.54) is 37.8 Å². The van der Waals surface area contributed by atoms with E-state index in [-0.39, 0.29) is 18.0 Å². The Kier molecular flexibility index (Phi) is 8.12. The lowest BCUT2D eigenvalue weighted by atomic mass is 9.85. The number of piperidine rings is 2. The molecule has 2 aromatic rings. The number of imide groups is 1. The van der Waals surface area contributed by atoms with Crippen LogP contribution in [0.15, 0.2) is 23.0 Å². The summed E-state index contributed by atoms with van der Waals surface area (Å²) in [6.07, 6.45) is 8.18. The molecular weight excluding hydrogens is 470 g/mol. The Morgan fingerprint density at radius 3 is 2.46 bits per heavy atom. The molecule has 202 valence electrons. The number of nitrogens with one attached hydrogen (secondary N) is 2. The number of rotatable bonds is 8. The minimum atomic E-state index is -0.641. The second-order valence-corrected chi connectivity index (χ2v) is 11.1. The summed E-state index contributed by atoms with van der Waals surface area (Å²) < 4.78 is 9.18. The van der Waals surface area contributed by atoms with E-state index >= 15 is 0 Å². The molecule has 1 aliphatic carbocycles. The highest BCUT2D eigenvalue weighted by molar-refractivity contribution is 6.00. The van der Waals surface area contributed by atoms with Crippen molar-refractivity contribution in [1.82, 2.24) is 24.7 Å². The van der Waals surface area contributed by atoms with Gasteiger partial charge in [-0.05, 0) is 94.6 Å². The number of ether oxygens (including phenoxy) is 1. The first-order chi connectivity index (χ1) is 17.9. The fourth-order valence-electron chi connectivity index (χ4n) is 6.49. The number of aromatic nitrogens is 2. The Hall–Kier alpha value is -2.49. The summed E-state index contributed by atoms with van der Waals surface area (Å²) in [5, 5.41) is 5.52. The molecule has 2 saturated heterocycles. The third-order valence-corrected chi connectivity index (χ3v) is 8.71. The maximum Gasteiger partial charge on any atom is 0.329 e. The predicted molar refractivity (Wildman–Crippen MR) is 143 cm³/mol. The number of hydrogen-bond donors (Lipinski definition) is 2. The SMILES string of the molecule is CNCCO[C@H]1CC[C@H](CN2CCC(c3ccc4c(c3)n(C)c(=O)n4C3CCC(=O)NC3=O)CC2)CC1. The van der Waals surface area contributed by atoms with Gasteiger partial charge in [0.15, 0.2) is 0 Å². The van der Waals surface area contributed by atoms with Gasteiger partial charge >= 0.3 is 5.69 Å². The van der Waals surface area contributed by atoms with E-state index in [2.05, 4.69) is 27.7 Å². The lowest BCUT2D eigenvalue weighted by Gasteiger charge is -2.36. The van der Waals surface area contributed by atoms with Crippen molar-refractivity contribution in [2.45, 2.75) is 69.4 Å². The number of carbonyl (C=O) groups excluding carboxylic acids is 2. The Morgan fingerprint density at radius 2 is 1.76 bits per heavy atom. The van der Waals surface area contributed by atoms with Gasteiger partial charge in [0.05, 0.1) is 23.7 Å². The van der Waals surface area contributed by atoms with Crippen molar-refractivity contribution >= 4 is 22.8 Å². The number of carbonyl (C=O) groups is 2. The van der Waals surface area contributed by atoms with E-state index in [1.807, 2.05) is 13.1 Å². The largest absolute Gasteiger partial charge is 0.377 e. The third-order valence-electron chi connectivity index (χ3n) is 8.71. The van der Waals surface area contributed by atoms with Gasteiger partial charge in [0, 0.05) is 26.6 Å². The number of nitrogens with zero attached hydrogens (tertiary/aromatic N) is 3. The number of hydrogen-bond acceptors (Lipinski definition) is 6. The first-order valence-electron chi connectivity index (χ1n) is 14.0. The van der Waals surface area contributed by atoms with Crippen LogP contribution in [0.5, 0.6) is 0 Å². The van der Waals surface area contributed by atoms with Crippen LogP contribution in [0.1, 0.15) is 68.9 Å². The lowest BCUT2D eigenvalue weighted by molar-refractivity contribution is -0.135. The zero-order valence-corrected chi connectivity index (χ0v) is 22.2. The van der Waals surface area contributed by atoms with Crippen molar-refractivity contribution in [3.05, 3.63) is 34.2 Å². The van der Waals surface area contributed by atoms with Crippen LogP contribution in [-0.2, 0) is 21.4 Å². The number of likely N-dealkylation sites (N-methyl/N-ethyl adjacent to an activating group) is 1. The van der Waals surface area contributed by atoms with Gasteiger partial charge in [0.25, 0.3) is 0 Å². The Morgan fingerprint density at radius 1 is 1.00 bits per heavy atom. The van der Waals surface area contributed by atoms with Crippen molar-refractivity contribution in [2.24, 2.45) is 13.0 Å². The van der Waals surface area contributed by atoms with E-state index in [9.17, 15) is 14.4 Å². The molecule has 9 heteroatoms. The summed E-state index contributed by atoms with van der Waals surface area (Å²) in [7, 11) is 3.73. The van der Waals surface area contributed by atoms with E-state index < -0.39 is 11.9 Å². The van der Waals surface area contributed by atoms with Gasteiger partial charge < -0.3 is 15.0 Å². The summed E-state index contributed by atoms with van der Waals surface area (Å²) >= 11 is 0. The minimum Gasteiger partial charge on any atom is -0.377 e. The normalized spacial score (nSPS) is 26.1. The van der Waals surface area contributed by atoms with Crippen LogP contribution in [0.4, 0.5) is 0 Å². The van der Waals surface area contributed by atoms with Gasteiger partial charge in [-0.3, -0.25) is 24.0 Å². The Balaban J connectivity index is 1.18. The first-order valence-corrected chi connectivity index (χ1v) is 14.0. The van der Waals surface area contributed by atoms with Gasteiger partial charge in [-0.1, -0.05) is 6.07 Å². The maximum atomic E-state index is 13.1. The molecule has 0 bridgehead atoms. The number of imidazole rings is 1. The molecule has 1 atom stereocenters. The van der Waals surface area contributed by atoms with Crippen LogP contribution in [-0.4, -0.2) is 71.8 Å². The van der Waals surface area contributed by atoms with E-state index in [0.29, 0.717) is 18.4 Å². The summed E-state index contributed by atoms with van der Waals surface area (Å²) in [4.78, 5) is 39.7. The molecule has 3 aliphatic rings. The van der Waals surface area contributed by atoms with Gasteiger partial charge in [0.2, 0.25) is 11.8 Å². The molecule has 2 amide bonds. The minimum absolute atomic E-state index is 0.210. The van der Waals surface area contributed by atoms with E-state index in [1.54, 1.807) is 16.2 Å². The molecule has 9 nitrogen and oxygen atoms in total. The topological polar surface area (TPSA) is 97.6 Å².